The van der Waals surface area contributed by atoms with Gasteiger partial charge in [-0.3, -0.25) is 0 Å². The molecule has 0 heterocycles. The van der Waals surface area contributed by atoms with E-state index < -0.39 is 17.6 Å². The maximum Gasteiger partial charge on any atom is 0.0756 e. The van der Waals surface area contributed by atoms with E-state index in [0.29, 0.717) is 12.3 Å². The lowest BCUT2D eigenvalue weighted by atomic mass is 9.44. The Kier molecular flexibility index (Phi) is 4.06. The Morgan fingerprint density at radius 3 is 2.52 bits per heavy atom. The standard InChI is InChI=1S/C20H32O3/c1-5-18(2)8-6-14-13(11-18)15(22)10-16-19(14,3)9-7-17(23)20(16,4)12-21/h5,11,14-17,21-23H,1,6-10,12H2,2-4H3/t14-,15+,16+,17-,18+,19+,20+/m1/s1. The van der Waals surface area contributed by atoms with Crippen molar-refractivity contribution in [2.24, 2.45) is 28.1 Å². The van der Waals surface area contributed by atoms with Crippen LogP contribution in [0.1, 0.15) is 52.9 Å². The molecule has 7 atom stereocenters. The van der Waals surface area contributed by atoms with Gasteiger partial charge in [0.1, 0.15) is 0 Å². The van der Waals surface area contributed by atoms with E-state index in [9.17, 15) is 15.3 Å². The monoisotopic (exact) mass is 320 g/mol. The predicted molar refractivity (Wildman–Crippen MR) is 91.8 cm³/mol. The summed E-state index contributed by atoms with van der Waals surface area (Å²) < 4.78 is 0. The van der Waals surface area contributed by atoms with Gasteiger partial charge < -0.3 is 15.3 Å². The lowest BCUT2D eigenvalue weighted by Crippen LogP contribution is -2.60. The van der Waals surface area contributed by atoms with Crippen LogP contribution in [0.3, 0.4) is 0 Å². The lowest BCUT2D eigenvalue weighted by molar-refractivity contribution is -0.166. The number of hydrogen-bond donors (Lipinski definition) is 3. The Bertz CT molecular complexity index is 527. The van der Waals surface area contributed by atoms with E-state index in [1.165, 1.54) is 5.57 Å². The molecule has 2 saturated carbocycles. The van der Waals surface area contributed by atoms with Crippen molar-refractivity contribution in [2.45, 2.75) is 65.1 Å². The molecular formula is C20H32O3. The van der Waals surface area contributed by atoms with Gasteiger partial charge in [0.05, 0.1) is 18.8 Å². The summed E-state index contributed by atoms with van der Waals surface area (Å²) in [6.45, 7) is 10.5. The van der Waals surface area contributed by atoms with Crippen LogP contribution in [-0.4, -0.2) is 34.1 Å². The maximum absolute atomic E-state index is 10.8. The van der Waals surface area contributed by atoms with E-state index in [4.69, 9.17) is 0 Å². The van der Waals surface area contributed by atoms with E-state index in [0.717, 1.165) is 25.7 Å². The highest BCUT2D eigenvalue weighted by Gasteiger charge is 2.60. The number of rotatable bonds is 2. The van der Waals surface area contributed by atoms with Gasteiger partial charge in [0.25, 0.3) is 0 Å². The van der Waals surface area contributed by atoms with E-state index in [1.807, 2.05) is 13.0 Å². The van der Waals surface area contributed by atoms with Crippen LogP contribution in [0.2, 0.25) is 0 Å². The van der Waals surface area contributed by atoms with Gasteiger partial charge in [-0.2, -0.15) is 0 Å². The first-order chi connectivity index (χ1) is 10.7. The van der Waals surface area contributed by atoms with Gasteiger partial charge in [-0.05, 0) is 54.9 Å². The fourth-order valence-corrected chi connectivity index (χ4v) is 5.84. The topological polar surface area (TPSA) is 60.7 Å². The van der Waals surface area contributed by atoms with Crippen molar-refractivity contribution in [3.05, 3.63) is 24.3 Å². The Morgan fingerprint density at radius 1 is 1.22 bits per heavy atom. The van der Waals surface area contributed by atoms with E-state index in [2.05, 4.69) is 26.5 Å². The quantitative estimate of drug-likeness (QED) is 0.685. The van der Waals surface area contributed by atoms with Crippen LogP contribution >= 0.6 is 0 Å². The average Bonchev–Trinajstić information content (AvgIpc) is 2.54. The number of allylic oxidation sites excluding steroid dienone is 2. The SMILES string of the molecule is C=C[C@]1(C)C=C2[C@@H](CC1)[C@]1(C)CC[C@@H](O)[C@@](C)(CO)[C@H]1C[C@@H]2O. The van der Waals surface area contributed by atoms with Crippen LogP contribution < -0.4 is 0 Å². The first-order valence-electron chi connectivity index (χ1n) is 9.03. The molecule has 2 fully saturated rings. The highest BCUT2D eigenvalue weighted by Crippen LogP contribution is 2.63. The molecule has 0 spiro atoms. The first-order valence-corrected chi connectivity index (χ1v) is 9.03. The molecule has 3 rings (SSSR count). The molecule has 23 heavy (non-hydrogen) atoms. The summed E-state index contributed by atoms with van der Waals surface area (Å²) >= 11 is 0. The van der Waals surface area contributed by atoms with E-state index in [1.54, 1.807) is 0 Å². The first kappa shape index (κ1) is 17.2. The maximum atomic E-state index is 10.8. The van der Waals surface area contributed by atoms with Crippen LogP contribution in [0.15, 0.2) is 24.3 Å². The highest BCUT2D eigenvalue weighted by molar-refractivity contribution is 5.30. The molecule has 0 aliphatic heterocycles. The second kappa shape index (κ2) is 5.44. The normalized spacial score (nSPS) is 53.0. The average molecular weight is 320 g/mol. The molecule has 3 heteroatoms. The summed E-state index contributed by atoms with van der Waals surface area (Å²) in [6.07, 6.45) is 7.76. The van der Waals surface area contributed by atoms with Crippen molar-refractivity contribution in [1.82, 2.24) is 0 Å². The zero-order chi connectivity index (χ0) is 17.0. The Hall–Kier alpha value is -0.640. The summed E-state index contributed by atoms with van der Waals surface area (Å²) in [5, 5.41) is 31.4. The molecule has 0 aromatic carbocycles. The molecule has 130 valence electrons. The second-order valence-electron chi connectivity index (χ2n) is 8.97. The summed E-state index contributed by atoms with van der Waals surface area (Å²) in [5.41, 5.74) is 0.682. The molecule has 0 aromatic rings. The molecule has 0 radical (unpaired) electrons. The molecular weight excluding hydrogens is 288 g/mol. The van der Waals surface area contributed by atoms with Crippen molar-refractivity contribution >= 4 is 0 Å². The Morgan fingerprint density at radius 2 is 1.91 bits per heavy atom. The van der Waals surface area contributed by atoms with Gasteiger partial charge >= 0.3 is 0 Å². The fraction of sp³-hybridized carbons (Fsp3) is 0.800. The third-order valence-electron chi connectivity index (χ3n) is 7.63. The number of hydrogen-bond acceptors (Lipinski definition) is 3. The van der Waals surface area contributed by atoms with Crippen LogP contribution in [0.25, 0.3) is 0 Å². The van der Waals surface area contributed by atoms with Gasteiger partial charge in [0, 0.05) is 10.8 Å². The summed E-state index contributed by atoms with van der Waals surface area (Å²) in [7, 11) is 0. The number of fused-ring (bicyclic) bond motifs is 3. The second-order valence-corrected chi connectivity index (χ2v) is 8.97. The van der Waals surface area contributed by atoms with Crippen LogP contribution in [0.5, 0.6) is 0 Å². The third-order valence-corrected chi connectivity index (χ3v) is 7.63. The van der Waals surface area contributed by atoms with Crippen molar-refractivity contribution < 1.29 is 15.3 Å². The molecule has 3 aliphatic rings. The number of aliphatic hydroxyl groups is 3. The summed E-state index contributed by atoms with van der Waals surface area (Å²) in [5.74, 6) is 0.497. The molecule has 0 saturated heterocycles. The molecule has 3 nitrogen and oxygen atoms in total. The van der Waals surface area contributed by atoms with Crippen molar-refractivity contribution in [3.63, 3.8) is 0 Å². The van der Waals surface area contributed by atoms with Crippen LogP contribution in [0.4, 0.5) is 0 Å². The van der Waals surface area contributed by atoms with Gasteiger partial charge in [0.15, 0.2) is 0 Å². The zero-order valence-electron chi connectivity index (χ0n) is 14.8. The van der Waals surface area contributed by atoms with Crippen molar-refractivity contribution in [3.8, 4) is 0 Å². The minimum absolute atomic E-state index is 0.0166. The Labute approximate surface area is 140 Å². The zero-order valence-corrected chi connectivity index (χ0v) is 14.8. The third kappa shape index (κ3) is 2.35. The largest absolute Gasteiger partial charge is 0.396 e. The Balaban J connectivity index is 2.04. The molecule has 0 amide bonds. The molecule has 0 unspecified atom stereocenters. The summed E-state index contributed by atoms with van der Waals surface area (Å²) in [6, 6.07) is 0. The molecule has 0 aromatic heterocycles. The van der Waals surface area contributed by atoms with Gasteiger partial charge in [-0.15, -0.1) is 6.58 Å². The number of aliphatic hydroxyl groups excluding tert-OH is 3. The van der Waals surface area contributed by atoms with Crippen LogP contribution in [-0.2, 0) is 0 Å². The fourth-order valence-electron chi connectivity index (χ4n) is 5.84. The van der Waals surface area contributed by atoms with E-state index >= 15 is 0 Å². The highest BCUT2D eigenvalue weighted by atomic mass is 16.3. The molecule has 3 N–H and O–H groups in total. The smallest absolute Gasteiger partial charge is 0.0756 e. The van der Waals surface area contributed by atoms with Crippen molar-refractivity contribution in [1.29, 1.82) is 0 Å². The van der Waals surface area contributed by atoms with Crippen LogP contribution in [0, 0.1) is 28.1 Å². The molecule has 0 bridgehead atoms. The minimum atomic E-state index is -0.515. The predicted octanol–water partition coefficient (Wildman–Crippen LogP) is 3.06. The van der Waals surface area contributed by atoms with Gasteiger partial charge in [-0.1, -0.05) is 32.9 Å². The van der Waals surface area contributed by atoms with E-state index in [-0.39, 0.29) is 23.4 Å². The minimum Gasteiger partial charge on any atom is -0.396 e. The van der Waals surface area contributed by atoms with Crippen molar-refractivity contribution in [2.75, 3.05) is 6.61 Å². The lowest BCUT2D eigenvalue weighted by Gasteiger charge is -2.62. The summed E-state index contributed by atoms with van der Waals surface area (Å²) in [4.78, 5) is 0. The van der Waals surface area contributed by atoms with Gasteiger partial charge in [0.2, 0.25) is 0 Å². The van der Waals surface area contributed by atoms with Gasteiger partial charge in [-0.25, -0.2) is 0 Å². The molecule has 3 aliphatic carbocycles.